The van der Waals surface area contributed by atoms with Crippen molar-refractivity contribution in [3.8, 4) is 0 Å². The summed E-state index contributed by atoms with van der Waals surface area (Å²) >= 11 is 1.63. The summed E-state index contributed by atoms with van der Waals surface area (Å²) < 4.78 is 23.4. The third-order valence-corrected chi connectivity index (χ3v) is 14.8. The van der Waals surface area contributed by atoms with E-state index >= 15 is 0 Å². The first-order valence-electron chi connectivity index (χ1n) is 25.8. The van der Waals surface area contributed by atoms with Crippen LogP contribution in [0.5, 0.6) is 0 Å². The molecule has 1 spiro atoms. The lowest BCUT2D eigenvalue weighted by Crippen LogP contribution is -2.48. The van der Waals surface area contributed by atoms with Crippen LogP contribution in [0.1, 0.15) is 118 Å². The molecular formula is C56H86N6O9S. The number of benzene rings is 2. The third-order valence-electron chi connectivity index (χ3n) is 14.1. The van der Waals surface area contributed by atoms with Gasteiger partial charge in [0, 0.05) is 69.0 Å². The van der Waals surface area contributed by atoms with Crippen LogP contribution in [-0.2, 0) is 38.1 Å². The second-order valence-electron chi connectivity index (χ2n) is 20.7. The third kappa shape index (κ3) is 19.1. The number of nitrogens with zero attached hydrogens (tertiary/aromatic N) is 4. The zero-order valence-corrected chi connectivity index (χ0v) is 46.0. The number of likely N-dealkylation sites (tertiary alicyclic amines) is 1. The minimum Gasteiger partial charge on any atom is -0.507 e. The quantitative estimate of drug-likeness (QED) is 0.0640. The van der Waals surface area contributed by atoms with E-state index in [1.165, 1.54) is 16.0 Å². The molecule has 3 aromatic rings. The fourth-order valence-corrected chi connectivity index (χ4v) is 9.56. The Kier molecular flexibility index (Phi) is 25.0. The number of hydrogen-bond acceptors (Lipinski definition) is 14. The van der Waals surface area contributed by atoms with Gasteiger partial charge in [-0.1, -0.05) is 68.3 Å². The average Bonchev–Trinajstić information content (AvgIpc) is 4.09. The van der Waals surface area contributed by atoms with E-state index in [2.05, 4.69) is 84.3 Å². The van der Waals surface area contributed by atoms with Crippen LogP contribution in [0, 0.1) is 40.0 Å². The van der Waals surface area contributed by atoms with Gasteiger partial charge in [0.1, 0.15) is 18.5 Å². The number of aldehydes is 1. The lowest BCUT2D eigenvalue weighted by Gasteiger charge is -2.35. The van der Waals surface area contributed by atoms with E-state index in [4.69, 9.17) is 18.9 Å². The summed E-state index contributed by atoms with van der Waals surface area (Å²) in [7, 11) is 1.98. The van der Waals surface area contributed by atoms with Crippen LogP contribution in [0.3, 0.4) is 0 Å². The van der Waals surface area contributed by atoms with Gasteiger partial charge in [-0.3, -0.25) is 24.4 Å². The number of amides is 2. The molecule has 16 heteroatoms. The first kappa shape index (κ1) is 60.0. The predicted octanol–water partition coefficient (Wildman–Crippen LogP) is 7.87. The molecule has 72 heavy (non-hydrogen) atoms. The second kappa shape index (κ2) is 30.0. The summed E-state index contributed by atoms with van der Waals surface area (Å²) in [5.74, 6) is -0.413. The SMILES string of the molecule is CNC(C)c1ccc(C)cc1.Cc1cc(C)c(C2=C(O)C3(CCC(OCCOCCN4CCN(CCOCC(=O)NC(C)C(C)(C)C)CC4)CC3)OC2=O)c(C)c1.Cc1cscn1.O=CC1CCCN1C=O. The molecule has 1 saturated carbocycles. The maximum atomic E-state index is 12.9. The summed E-state index contributed by atoms with van der Waals surface area (Å²) in [5, 5.41) is 19.5. The van der Waals surface area contributed by atoms with E-state index in [0.717, 1.165) is 112 Å². The molecule has 0 radical (unpaired) electrons. The molecule has 400 valence electrons. The van der Waals surface area contributed by atoms with Gasteiger partial charge in [0.25, 0.3) is 0 Å². The summed E-state index contributed by atoms with van der Waals surface area (Å²) in [5.41, 5.74) is 8.87. The van der Waals surface area contributed by atoms with Crippen LogP contribution in [0.4, 0.5) is 0 Å². The van der Waals surface area contributed by atoms with Crippen molar-refractivity contribution < 1.29 is 43.2 Å². The smallest absolute Gasteiger partial charge is 0.343 e. The van der Waals surface area contributed by atoms with Crippen LogP contribution in [-0.4, -0.2) is 159 Å². The molecule has 2 saturated heterocycles. The number of hydrogen-bond donors (Lipinski definition) is 3. The Morgan fingerprint density at radius 2 is 1.50 bits per heavy atom. The van der Waals surface area contributed by atoms with E-state index in [1.54, 1.807) is 11.3 Å². The highest BCUT2D eigenvalue weighted by Gasteiger charge is 2.51. The number of aryl methyl sites for hydroxylation is 5. The number of piperazine rings is 1. The molecule has 0 bridgehead atoms. The molecule has 3 aliphatic heterocycles. The summed E-state index contributed by atoms with van der Waals surface area (Å²) in [6.07, 6.45) is 5.97. The highest BCUT2D eigenvalue weighted by molar-refractivity contribution is 7.07. The molecule has 1 aromatic heterocycles. The number of carbonyl (C=O) groups is 4. The average molecular weight is 1020 g/mol. The topological polar surface area (TPSA) is 172 Å². The van der Waals surface area contributed by atoms with Gasteiger partial charge in [-0.05, 0) is 122 Å². The Hall–Kier alpha value is -4.55. The summed E-state index contributed by atoms with van der Waals surface area (Å²) in [4.78, 5) is 55.6. The lowest BCUT2D eigenvalue weighted by atomic mass is 9.80. The number of aliphatic hydroxyl groups excluding tert-OH is 1. The van der Waals surface area contributed by atoms with Crippen molar-refractivity contribution in [1.29, 1.82) is 0 Å². The predicted molar refractivity (Wildman–Crippen MR) is 286 cm³/mol. The van der Waals surface area contributed by atoms with Gasteiger partial charge in [0.2, 0.25) is 12.3 Å². The molecular weight excluding hydrogens is 933 g/mol. The molecule has 3 unspecified atom stereocenters. The van der Waals surface area contributed by atoms with Gasteiger partial charge in [0.15, 0.2) is 11.4 Å². The van der Waals surface area contributed by atoms with Crippen LogP contribution in [0.25, 0.3) is 5.57 Å². The Labute approximate surface area is 434 Å². The molecule has 15 nitrogen and oxygen atoms in total. The zero-order chi connectivity index (χ0) is 52.8. The van der Waals surface area contributed by atoms with Crippen molar-refractivity contribution in [3.05, 3.63) is 92.1 Å². The monoisotopic (exact) mass is 1020 g/mol. The van der Waals surface area contributed by atoms with E-state index in [9.17, 15) is 24.3 Å². The summed E-state index contributed by atoms with van der Waals surface area (Å²) in [6, 6.07) is 13.1. The zero-order valence-electron chi connectivity index (χ0n) is 45.2. The number of aromatic nitrogens is 1. The van der Waals surface area contributed by atoms with Gasteiger partial charge in [-0.15, -0.1) is 11.3 Å². The molecule has 4 heterocycles. The van der Waals surface area contributed by atoms with E-state index in [1.807, 2.05) is 64.7 Å². The molecule has 3 fully saturated rings. The number of thiazole rings is 1. The van der Waals surface area contributed by atoms with Gasteiger partial charge >= 0.3 is 5.97 Å². The van der Waals surface area contributed by atoms with Crippen molar-refractivity contribution in [2.75, 3.05) is 85.9 Å². The largest absolute Gasteiger partial charge is 0.507 e. The first-order chi connectivity index (χ1) is 34.3. The fraction of sp³-hybridized carbons (Fsp3) is 0.625. The first-order valence-corrected chi connectivity index (χ1v) is 26.8. The van der Waals surface area contributed by atoms with E-state index < -0.39 is 11.6 Å². The van der Waals surface area contributed by atoms with Gasteiger partial charge < -0.3 is 44.4 Å². The van der Waals surface area contributed by atoms with Crippen molar-refractivity contribution in [2.24, 2.45) is 5.41 Å². The number of carbonyl (C=O) groups excluding carboxylic acids is 4. The van der Waals surface area contributed by atoms with Crippen molar-refractivity contribution >= 4 is 41.5 Å². The molecule has 2 amide bonds. The number of ether oxygens (including phenoxy) is 4. The maximum absolute atomic E-state index is 12.9. The normalized spacial score (nSPS) is 21.1. The molecule has 2 aromatic carbocycles. The minimum atomic E-state index is -0.940. The fourth-order valence-electron chi connectivity index (χ4n) is 9.01. The van der Waals surface area contributed by atoms with E-state index in [0.29, 0.717) is 50.9 Å². The molecule has 7 rings (SSSR count). The highest BCUT2D eigenvalue weighted by atomic mass is 32.1. The number of nitrogens with one attached hydrogen (secondary N) is 2. The summed E-state index contributed by atoms with van der Waals surface area (Å²) in [6.45, 7) is 29.4. The number of esters is 1. The molecule has 4 aliphatic rings. The molecule has 1 aliphatic carbocycles. The Balaban J connectivity index is 0.000000345. The van der Waals surface area contributed by atoms with Crippen LogP contribution in [0.15, 0.2) is 53.0 Å². The highest BCUT2D eigenvalue weighted by Crippen LogP contribution is 2.47. The van der Waals surface area contributed by atoms with Crippen molar-refractivity contribution in [1.82, 2.24) is 30.3 Å². The Morgan fingerprint density at radius 3 is 2.00 bits per heavy atom. The van der Waals surface area contributed by atoms with Crippen LogP contribution in [0.2, 0.25) is 0 Å². The van der Waals surface area contributed by atoms with E-state index in [-0.39, 0.29) is 41.9 Å². The van der Waals surface area contributed by atoms with Gasteiger partial charge in [0.05, 0.1) is 44.1 Å². The maximum Gasteiger partial charge on any atom is 0.343 e. The van der Waals surface area contributed by atoms with Gasteiger partial charge in [-0.2, -0.15) is 0 Å². The number of rotatable bonds is 18. The Bertz CT molecular complexity index is 2110. The minimum absolute atomic E-state index is 0.0278. The van der Waals surface area contributed by atoms with Crippen molar-refractivity contribution in [2.45, 2.75) is 138 Å². The van der Waals surface area contributed by atoms with Crippen LogP contribution >= 0.6 is 11.3 Å². The molecule has 3 atom stereocenters. The van der Waals surface area contributed by atoms with Crippen molar-refractivity contribution in [3.63, 3.8) is 0 Å². The lowest BCUT2D eigenvalue weighted by molar-refractivity contribution is -0.152. The Morgan fingerprint density at radius 1 is 0.889 bits per heavy atom. The second-order valence-corrected chi connectivity index (χ2v) is 21.4. The van der Waals surface area contributed by atoms with Crippen LogP contribution < -0.4 is 10.6 Å². The van der Waals surface area contributed by atoms with Gasteiger partial charge in [-0.25, -0.2) is 4.79 Å². The number of aliphatic hydroxyl groups is 1. The standard InChI is InChI=1S/C36H57N3O7.C10H15N.C6H9NO2.C4H5NS/c1-25-22-26(2)31(27(3)23-25)32-33(41)36(46-34(32)42)10-8-29(9-11-36)45-21-20-43-18-16-38-12-14-39(15-13-38)17-19-44-24-30(40)37-28(4)35(5,6)7;1-8-4-6-10(7-5-8)9(2)11-3;8-4-6-2-1-3-7(6)5-9;1-4-2-6-3-5-4/h22-23,28-29,41H,8-21,24H2,1-7H3,(H,37,40);4-7,9,11H,1-3H3;4-6H,1-3H2;2-3H,1H3. The molecule has 3 N–H and O–H groups in total.